The molecule has 3 heterocycles. The summed E-state index contributed by atoms with van der Waals surface area (Å²) in [5.74, 6) is 0.840. The minimum Gasteiger partial charge on any atom is -0.492 e. The highest BCUT2D eigenvalue weighted by atomic mass is 32.2. The molecule has 10 nitrogen and oxygen atoms in total. The quantitative estimate of drug-likeness (QED) is 0.554. The lowest BCUT2D eigenvalue weighted by Crippen LogP contribution is -2.47. The fraction of sp³-hybridized carbons (Fsp3) is 0.500. The molecule has 1 N–H and O–H groups in total. The van der Waals surface area contributed by atoms with E-state index in [9.17, 15) is 13.2 Å². The molecule has 0 atom stereocenters. The molecule has 1 saturated heterocycles. The van der Waals surface area contributed by atoms with Crippen LogP contribution in [0, 0.1) is 6.92 Å². The highest BCUT2D eigenvalue weighted by Crippen LogP contribution is 2.29. The van der Waals surface area contributed by atoms with Crippen LogP contribution < -0.4 is 10.3 Å². The second kappa shape index (κ2) is 9.24. The number of ether oxygens (including phenoxy) is 1. The molecule has 1 aliphatic heterocycles. The Hall–Kier alpha value is -2.76. The first kappa shape index (κ1) is 23.4. The van der Waals surface area contributed by atoms with E-state index in [0.29, 0.717) is 55.6 Å². The standard InChI is InChI=1S/C22H30N6O4S/c1-5-7-17-20-21(25-24-17)22(29)28(15(3)23-20)18-14-16(8-9-19(18)32-6-2)33(30,31)27-12-10-26(4)11-13-27/h8-9,14H,5-7,10-13H2,1-4H3,(H,24,25). The number of piperazine rings is 1. The van der Waals surface area contributed by atoms with Gasteiger partial charge in [-0.3, -0.25) is 14.5 Å². The van der Waals surface area contributed by atoms with Crippen LogP contribution in [0.2, 0.25) is 0 Å². The Balaban J connectivity index is 1.86. The van der Waals surface area contributed by atoms with Gasteiger partial charge in [-0.2, -0.15) is 9.40 Å². The molecule has 11 heteroatoms. The minimum absolute atomic E-state index is 0.116. The lowest BCUT2D eigenvalue weighted by molar-refractivity contribution is 0.222. The number of hydrogen-bond acceptors (Lipinski definition) is 7. The zero-order valence-corrected chi connectivity index (χ0v) is 20.3. The van der Waals surface area contributed by atoms with Crippen molar-refractivity contribution in [1.29, 1.82) is 0 Å². The summed E-state index contributed by atoms with van der Waals surface area (Å²) < 4.78 is 35.3. The van der Waals surface area contributed by atoms with Gasteiger partial charge in [0.1, 0.15) is 17.1 Å². The number of rotatable bonds is 7. The van der Waals surface area contributed by atoms with Crippen molar-refractivity contribution >= 4 is 21.1 Å². The van der Waals surface area contributed by atoms with Gasteiger partial charge in [-0.15, -0.1) is 0 Å². The van der Waals surface area contributed by atoms with Crippen LogP contribution in [0.3, 0.4) is 0 Å². The second-order valence-electron chi connectivity index (χ2n) is 8.22. The Bertz CT molecular complexity index is 1320. The van der Waals surface area contributed by atoms with Gasteiger partial charge in [-0.25, -0.2) is 13.4 Å². The molecule has 178 valence electrons. The number of sulfonamides is 1. The van der Waals surface area contributed by atoms with Gasteiger partial charge in [0, 0.05) is 26.2 Å². The maximum absolute atomic E-state index is 13.4. The maximum atomic E-state index is 13.4. The Morgan fingerprint density at radius 3 is 2.52 bits per heavy atom. The molecule has 3 aromatic rings. The fourth-order valence-corrected chi connectivity index (χ4v) is 5.54. The van der Waals surface area contributed by atoms with Gasteiger partial charge in [0.05, 0.1) is 22.9 Å². The summed E-state index contributed by atoms with van der Waals surface area (Å²) in [4.78, 5) is 20.3. The molecule has 0 unspecified atom stereocenters. The van der Waals surface area contributed by atoms with Crippen molar-refractivity contribution in [2.45, 2.75) is 38.5 Å². The smallest absolute Gasteiger partial charge is 0.286 e. The molecular weight excluding hydrogens is 444 g/mol. The largest absolute Gasteiger partial charge is 0.492 e. The number of H-pyrrole nitrogens is 1. The average molecular weight is 475 g/mol. The van der Waals surface area contributed by atoms with Crippen LogP contribution >= 0.6 is 0 Å². The Morgan fingerprint density at radius 1 is 1.12 bits per heavy atom. The predicted molar refractivity (Wildman–Crippen MR) is 126 cm³/mol. The third kappa shape index (κ3) is 4.28. The third-order valence-corrected chi connectivity index (χ3v) is 7.78. The van der Waals surface area contributed by atoms with Crippen molar-refractivity contribution in [1.82, 2.24) is 29.0 Å². The van der Waals surface area contributed by atoms with Crippen LogP contribution in [-0.2, 0) is 16.4 Å². The first-order valence-electron chi connectivity index (χ1n) is 11.2. The van der Waals surface area contributed by atoms with E-state index in [4.69, 9.17) is 4.74 Å². The summed E-state index contributed by atoms with van der Waals surface area (Å²) in [7, 11) is -1.76. The van der Waals surface area contributed by atoms with Gasteiger partial charge in [0.25, 0.3) is 5.56 Å². The van der Waals surface area contributed by atoms with E-state index in [0.717, 1.165) is 18.5 Å². The van der Waals surface area contributed by atoms with E-state index >= 15 is 0 Å². The van der Waals surface area contributed by atoms with Gasteiger partial charge in [0.2, 0.25) is 10.0 Å². The van der Waals surface area contributed by atoms with Gasteiger partial charge >= 0.3 is 0 Å². The Kier molecular flexibility index (Phi) is 6.55. The fourth-order valence-electron chi connectivity index (χ4n) is 4.10. The van der Waals surface area contributed by atoms with Gasteiger partial charge < -0.3 is 9.64 Å². The zero-order chi connectivity index (χ0) is 23.8. The summed E-state index contributed by atoms with van der Waals surface area (Å²) in [5.41, 5.74) is 1.56. The topological polar surface area (TPSA) is 113 Å². The molecule has 1 aliphatic rings. The maximum Gasteiger partial charge on any atom is 0.286 e. The van der Waals surface area contributed by atoms with Crippen LogP contribution in [0.1, 0.15) is 31.8 Å². The number of nitrogens with one attached hydrogen (secondary N) is 1. The van der Waals surface area contributed by atoms with Crippen molar-refractivity contribution in [3.05, 3.63) is 40.1 Å². The summed E-state index contributed by atoms with van der Waals surface area (Å²) in [6.07, 6.45) is 1.62. The van der Waals surface area contributed by atoms with Crippen LogP contribution in [-0.4, -0.2) is 77.2 Å². The molecule has 1 fully saturated rings. The molecule has 33 heavy (non-hydrogen) atoms. The summed E-state index contributed by atoms with van der Waals surface area (Å²) in [6.45, 7) is 8.14. The first-order valence-corrected chi connectivity index (χ1v) is 12.6. The molecule has 0 aliphatic carbocycles. The molecule has 0 saturated carbocycles. The number of hydrogen-bond donors (Lipinski definition) is 1. The van der Waals surface area contributed by atoms with Gasteiger partial charge in [-0.05, 0) is 45.5 Å². The number of likely N-dealkylation sites (N-methyl/N-ethyl adjacent to an activating group) is 1. The van der Waals surface area contributed by atoms with Crippen molar-refractivity contribution in [3.63, 3.8) is 0 Å². The zero-order valence-electron chi connectivity index (χ0n) is 19.5. The van der Waals surface area contributed by atoms with Crippen molar-refractivity contribution < 1.29 is 13.2 Å². The summed E-state index contributed by atoms with van der Waals surface area (Å²) >= 11 is 0. The van der Waals surface area contributed by atoms with E-state index in [1.807, 2.05) is 20.9 Å². The molecular formula is C22H30N6O4S. The SMILES string of the molecule is CCCc1[nH]nc2c(=O)n(-c3cc(S(=O)(=O)N4CCN(C)CC4)ccc3OCC)c(C)nc12. The number of aromatic nitrogens is 4. The molecule has 0 amide bonds. The Morgan fingerprint density at radius 2 is 1.85 bits per heavy atom. The van der Waals surface area contributed by atoms with Crippen molar-refractivity contribution in [2.24, 2.45) is 0 Å². The lowest BCUT2D eigenvalue weighted by Gasteiger charge is -2.31. The first-order chi connectivity index (χ1) is 15.8. The monoisotopic (exact) mass is 474 g/mol. The van der Waals surface area contributed by atoms with E-state index in [2.05, 4.69) is 20.1 Å². The van der Waals surface area contributed by atoms with Crippen LogP contribution in [0.5, 0.6) is 5.75 Å². The summed E-state index contributed by atoms with van der Waals surface area (Å²) in [5, 5.41) is 7.12. The predicted octanol–water partition coefficient (Wildman–Crippen LogP) is 1.70. The summed E-state index contributed by atoms with van der Waals surface area (Å²) in [6, 6.07) is 4.63. The van der Waals surface area contributed by atoms with Crippen LogP contribution in [0.25, 0.3) is 16.7 Å². The number of aromatic amines is 1. The average Bonchev–Trinajstić information content (AvgIpc) is 3.18. The lowest BCUT2D eigenvalue weighted by atomic mass is 10.2. The molecule has 1 aromatic carbocycles. The van der Waals surface area contributed by atoms with E-state index < -0.39 is 10.0 Å². The number of benzene rings is 1. The molecule has 0 spiro atoms. The van der Waals surface area contributed by atoms with Crippen molar-refractivity contribution in [2.75, 3.05) is 39.8 Å². The molecule has 2 aromatic heterocycles. The minimum atomic E-state index is -3.73. The van der Waals surface area contributed by atoms with E-state index in [1.54, 1.807) is 13.0 Å². The Labute approximate surface area is 193 Å². The van der Waals surface area contributed by atoms with Gasteiger partial charge in [0.15, 0.2) is 5.52 Å². The normalized spacial score (nSPS) is 15.9. The van der Waals surface area contributed by atoms with Crippen molar-refractivity contribution in [3.8, 4) is 11.4 Å². The number of nitrogens with zero attached hydrogens (tertiary/aromatic N) is 5. The number of aryl methyl sites for hydroxylation is 2. The highest BCUT2D eigenvalue weighted by Gasteiger charge is 2.29. The highest BCUT2D eigenvalue weighted by molar-refractivity contribution is 7.89. The molecule has 0 bridgehead atoms. The number of fused-ring (bicyclic) bond motifs is 1. The van der Waals surface area contributed by atoms with E-state index in [-0.39, 0.29) is 16.0 Å². The third-order valence-electron chi connectivity index (χ3n) is 5.89. The molecule has 0 radical (unpaired) electrons. The van der Waals surface area contributed by atoms with Crippen LogP contribution in [0.4, 0.5) is 0 Å². The van der Waals surface area contributed by atoms with E-state index in [1.165, 1.54) is 21.0 Å². The van der Waals surface area contributed by atoms with Crippen LogP contribution in [0.15, 0.2) is 27.9 Å². The van der Waals surface area contributed by atoms with Gasteiger partial charge in [-0.1, -0.05) is 13.3 Å². The second-order valence-corrected chi connectivity index (χ2v) is 10.2. The molecule has 4 rings (SSSR count).